The molecule has 2 amide bonds. The van der Waals surface area contributed by atoms with Crippen molar-refractivity contribution in [3.63, 3.8) is 0 Å². The highest BCUT2D eigenvalue weighted by molar-refractivity contribution is 5.90. The van der Waals surface area contributed by atoms with Gasteiger partial charge in [-0.25, -0.2) is 14.2 Å². The fourth-order valence-electron chi connectivity index (χ4n) is 2.78. The van der Waals surface area contributed by atoms with Crippen molar-refractivity contribution in [1.82, 2.24) is 9.88 Å². The first-order chi connectivity index (χ1) is 12.9. The Bertz CT molecular complexity index is 785. The third kappa shape index (κ3) is 4.93. The largest absolute Gasteiger partial charge is 0.437 e. The number of rotatable bonds is 5. The van der Waals surface area contributed by atoms with Crippen LogP contribution in [0.25, 0.3) is 0 Å². The third-order valence-corrected chi connectivity index (χ3v) is 4.01. The summed E-state index contributed by atoms with van der Waals surface area (Å²) in [6.45, 7) is 4.23. The van der Waals surface area contributed by atoms with Crippen molar-refractivity contribution in [3.05, 3.63) is 48.4 Å². The van der Waals surface area contributed by atoms with Gasteiger partial charge in [0.15, 0.2) is 0 Å². The van der Waals surface area contributed by atoms with Crippen molar-refractivity contribution in [2.24, 2.45) is 0 Å². The number of urea groups is 1. The van der Waals surface area contributed by atoms with Gasteiger partial charge in [-0.2, -0.15) is 0 Å². The summed E-state index contributed by atoms with van der Waals surface area (Å²) in [6.07, 6.45) is 0.337. The Kier molecular flexibility index (Phi) is 5.88. The fourth-order valence-corrected chi connectivity index (χ4v) is 2.78. The minimum Gasteiger partial charge on any atom is -0.437 e. The molecule has 8 heteroatoms. The van der Waals surface area contributed by atoms with Gasteiger partial charge in [-0.05, 0) is 50.2 Å². The molecule has 2 aromatic rings. The highest BCUT2D eigenvalue weighted by Crippen LogP contribution is 2.27. The van der Waals surface area contributed by atoms with Gasteiger partial charge in [0.25, 0.3) is 0 Å². The number of β-amino-alcohol motifs (C(OH)–C–C–N with tert-alkyl or cyclic N) is 1. The van der Waals surface area contributed by atoms with Crippen molar-refractivity contribution in [2.75, 3.05) is 18.4 Å². The lowest BCUT2D eigenvalue weighted by Gasteiger charge is -2.19. The first kappa shape index (κ1) is 19.1. The SMILES string of the molecule is CC(C)O[C@@H]1CN(C(=O)Nc2cccnc2Oc2ccc(F)cc2)C[C@H]1O. The molecule has 3 rings (SSSR count). The van der Waals surface area contributed by atoms with Gasteiger partial charge in [0, 0.05) is 6.20 Å². The molecular weight excluding hydrogens is 353 g/mol. The quantitative estimate of drug-likeness (QED) is 0.839. The van der Waals surface area contributed by atoms with E-state index in [0.717, 1.165) is 0 Å². The summed E-state index contributed by atoms with van der Waals surface area (Å²) in [7, 11) is 0. The lowest BCUT2D eigenvalue weighted by molar-refractivity contribution is -0.0393. The molecule has 1 aliphatic heterocycles. The maximum absolute atomic E-state index is 13.0. The molecule has 7 nitrogen and oxygen atoms in total. The van der Waals surface area contributed by atoms with Crippen LogP contribution < -0.4 is 10.1 Å². The van der Waals surface area contributed by atoms with Crippen LogP contribution in [-0.2, 0) is 4.74 Å². The molecule has 1 fully saturated rings. The van der Waals surface area contributed by atoms with Gasteiger partial charge in [0.2, 0.25) is 5.88 Å². The second kappa shape index (κ2) is 8.32. The number of hydrogen-bond acceptors (Lipinski definition) is 5. The smallest absolute Gasteiger partial charge is 0.322 e. The maximum atomic E-state index is 13.0. The van der Waals surface area contributed by atoms with Crippen LogP contribution in [0.3, 0.4) is 0 Å². The van der Waals surface area contributed by atoms with Crippen molar-refractivity contribution in [1.29, 1.82) is 0 Å². The molecule has 2 N–H and O–H groups in total. The van der Waals surface area contributed by atoms with Gasteiger partial charge in [0.1, 0.15) is 23.4 Å². The Labute approximate surface area is 156 Å². The van der Waals surface area contributed by atoms with Crippen LogP contribution in [0.1, 0.15) is 13.8 Å². The number of anilines is 1. The predicted molar refractivity (Wildman–Crippen MR) is 97.3 cm³/mol. The van der Waals surface area contributed by atoms with E-state index in [1.165, 1.54) is 35.4 Å². The molecule has 0 spiro atoms. The lowest BCUT2D eigenvalue weighted by Crippen LogP contribution is -2.34. The average Bonchev–Trinajstić information content (AvgIpc) is 2.99. The molecule has 1 aromatic carbocycles. The molecule has 0 saturated carbocycles. The molecule has 1 aliphatic rings. The number of hydrogen-bond donors (Lipinski definition) is 2. The van der Waals surface area contributed by atoms with E-state index in [9.17, 15) is 14.3 Å². The topological polar surface area (TPSA) is 83.9 Å². The monoisotopic (exact) mass is 375 g/mol. The number of pyridine rings is 1. The number of likely N-dealkylation sites (tertiary alicyclic amines) is 1. The van der Waals surface area contributed by atoms with Gasteiger partial charge in [-0.3, -0.25) is 0 Å². The van der Waals surface area contributed by atoms with E-state index in [0.29, 0.717) is 18.0 Å². The van der Waals surface area contributed by atoms with E-state index in [1.807, 2.05) is 13.8 Å². The summed E-state index contributed by atoms with van der Waals surface area (Å²) in [5.74, 6) is 0.211. The zero-order valence-corrected chi connectivity index (χ0v) is 15.1. The van der Waals surface area contributed by atoms with E-state index in [-0.39, 0.29) is 30.4 Å². The molecule has 1 aromatic heterocycles. The van der Waals surface area contributed by atoms with E-state index in [2.05, 4.69) is 10.3 Å². The summed E-state index contributed by atoms with van der Waals surface area (Å²) in [4.78, 5) is 18.2. The molecule has 0 radical (unpaired) electrons. The number of benzene rings is 1. The second-order valence-electron chi connectivity index (χ2n) is 6.54. The zero-order chi connectivity index (χ0) is 19.4. The molecular formula is C19H22FN3O4. The van der Waals surface area contributed by atoms with Crippen LogP contribution in [0.15, 0.2) is 42.6 Å². The number of nitrogens with one attached hydrogen (secondary N) is 1. The molecule has 27 heavy (non-hydrogen) atoms. The van der Waals surface area contributed by atoms with Gasteiger partial charge in [-0.15, -0.1) is 0 Å². The Hall–Kier alpha value is -2.71. The second-order valence-corrected chi connectivity index (χ2v) is 6.54. The minimum absolute atomic E-state index is 0.0401. The van der Waals surface area contributed by atoms with Crippen molar-refractivity contribution in [3.8, 4) is 11.6 Å². The first-order valence-corrected chi connectivity index (χ1v) is 8.70. The number of carbonyl (C=O) groups is 1. The van der Waals surface area contributed by atoms with Crippen LogP contribution in [0, 0.1) is 5.82 Å². The summed E-state index contributed by atoms with van der Waals surface area (Å²) in [5.41, 5.74) is 0.370. The van der Waals surface area contributed by atoms with E-state index >= 15 is 0 Å². The molecule has 144 valence electrons. The number of nitrogens with zero attached hydrogens (tertiary/aromatic N) is 2. The Morgan fingerprint density at radius 2 is 2.04 bits per heavy atom. The minimum atomic E-state index is -0.734. The number of aromatic nitrogens is 1. The van der Waals surface area contributed by atoms with Crippen LogP contribution >= 0.6 is 0 Å². The molecule has 0 aliphatic carbocycles. The van der Waals surface area contributed by atoms with E-state index in [1.54, 1.807) is 12.1 Å². The summed E-state index contributed by atoms with van der Waals surface area (Å²) < 4.78 is 24.3. The molecule has 2 heterocycles. The Balaban J connectivity index is 1.67. The van der Waals surface area contributed by atoms with Gasteiger partial charge in [-0.1, -0.05) is 0 Å². The van der Waals surface area contributed by atoms with Crippen molar-refractivity contribution in [2.45, 2.75) is 32.2 Å². The highest BCUT2D eigenvalue weighted by Gasteiger charge is 2.35. The highest BCUT2D eigenvalue weighted by atomic mass is 19.1. The average molecular weight is 375 g/mol. The Morgan fingerprint density at radius 3 is 2.74 bits per heavy atom. The molecule has 0 bridgehead atoms. The number of aliphatic hydroxyl groups is 1. The van der Waals surface area contributed by atoms with Crippen LogP contribution in [0.2, 0.25) is 0 Å². The molecule has 1 saturated heterocycles. The van der Waals surface area contributed by atoms with Crippen molar-refractivity contribution < 1.29 is 23.8 Å². The predicted octanol–water partition coefficient (Wildman–Crippen LogP) is 3.02. The third-order valence-electron chi connectivity index (χ3n) is 4.01. The fraction of sp³-hybridized carbons (Fsp3) is 0.368. The zero-order valence-electron chi connectivity index (χ0n) is 15.1. The number of ether oxygens (including phenoxy) is 2. The van der Waals surface area contributed by atoms with Gasteiger partial charge < -0.3 is 24.8 Å². The lowest BCUT2D eigenvalue weighted by atomic mass is 10.2. The standard InChI is InChI=1S/C19H22FN3O4/c1-12(2)26-17-11-23(10-16(17)24)19(25)22-15-4-3-9-21-18(15)27-14-7-5-13(20)6-8-14/h3-9,12,16-17,24H,10-11H2,1-2H3,(H,22,25)/t16-,17-/m1/s1. The first-order valence-electron chi connectivity index (χ1n) is 8.70. The number of aliphatic hydroxyl groups excluding tert-OH is 1. The Morgan fingerprint density at radius 1 is 1.30 bits per heavy atom. The van der Waals surface area contributed by atoms with E-state index in [4.69, 9.17) is 9.47 Å². The molecule has 0 unspecified atom stereocenters. The summed E-state index contributed by atoms with van der Waals surface area (Å²) >= 11 is 0. The maximum Gasteiger partial charge on any atom is 0.322 e. The number of carbonyl (C=O) groups excluding carboxylic acids is 1. The number of amides is 2. The van der Waals surface area contributed by atoms with Crippen LogP contribution in [0.5, 0.6) is 11.6 Å². The van der Waals surface area contributed by atoms with E-state index < -0.39 is 12.2 Å². The molecule has 2 atom stereocenters. The number of halogens is 1. The van der Waals surface area contributed by atoms with Crippen molar-refractivity contribution >= 4 is 11.7 Å². The normalized spacial score (nSPS) is 19.4. The van der Waals surface area contributed by atoms with Gasteiger partial charge >= 0.3 is 6.03 Å². The van der Waals surface area contributed by atoms with Crippen LogP contribution in [-0.4, -0.2) is 52.4 Å². The van der Waals surface area contributed by atoms with Crippen LogP contribution in [0.4, 0.5) is 14.9 Å². The summed E-state index contributed by atoms with van der Waals surface area (Å²) in [5, 5.41) is 12.8. The van der Waals surface area contributed by atoms with Gasteiger partial charge in [0.05, 0.1) is 25.3 Å². The summed E-state index contributed by atoms with van der Waals surface area (Å²) in [6, 6.07) is 8.42.